The largest absolute Gasteiger partial charge is 0.392 e. The average molecular weight is 241 g/mol. The molecule has 0 spiro atoms. The topological polar surface area (TPSA) is 32.3 Å². The van der Waals surface area contributed by atoms with Gasteiger partial charge in [-0.1, -0.05) is 46.5 Å². The van der Waals surface area contributed by atoms with Crippen LogP contribution in [0.5, 0.6) is 0 Å². The predicted molar refractivity (Wildman–Crippen MR) is 74.2 cm³/mol. The van der Waals surface area contributed by atoms with Crippen molar-refractivity contribution < 1.29 is 5.11 Å². The maximum Gasteiger partial charge on any atom is 0.0693 e. The monoisotopic (exact) mass is 241 g/mol. The highest BCUT2D eigenvalue weighted by Gasteiger charge is 2.23. The van der Waals surface area contributed by atoms with Crippen molar-refractivity contribution >= 4 is 0 Å². The Morgan fingerprint density at radius 3 is 2.47 bits per heavy atom. The predicted octanol–water partition coefficient (Wildman–Crippen LogP) is 3.48. The summed E-state index contributed by atoms with van der Waals surface area (Å²) in [5.41, 5.74) is 0. The number of nitrogens with one attached hydrogen (secondary N) is 1. The first kappa shape index (κ1) is 15.0. The van der Waals surface area contributed by atoms with Crippen LogP contribution in [0.2, 0.25) is 0 Å². The van der Waals surface area contributed by atoms with E-state index in [2.05, 4.69) is 26.1 Å². The Morgan fingerprint density at radius 1 is 1.12 bits per heavy atom. The molecular weight excluding hydrogens is 210 g/mol. The van der Waals surface area contributed by atoms with Crippen LogP contribution in [-0.2, 0) is 0 Å². The van der Waals surface area contributed by atoms with E-state index >= 15 is 0 Å². The van der Waals surface area contributed by atoms with E-state index in [0.29, 0.717) is 12.1 Å². The zero-order valence-corrected chi connectivity index (χ0v) is 11.9. The molecule has 0 aromatic heterocycles. The number of hydrogen-bond acceptors (Lipinski definition) is 2. The second-order valence-corrected chi connectivity index (χ2v) is 5.83. The lowest BCUT2D eigenvalue weighted by molar-refractivity contribution is 0.110. The highest BCUT2D eigenvalue weighted by molar-refractivity contribution is 4.82. The summed E-state index contributed by atoms with van der Waals surface area (Å²) < 4.78 is 0. The van der Waals surface area contributed by atoms with Gasteiger partial charge in [0.1, 0.15) is 0 Å². The molecule has 1 aliphatic rings. The molecule has 1 aliphatic carbocycles. The third-order valence-electron chi connectivity index (χ3n) is 4.31. The molecule has 17 heavy (non-hydrogen) atoms. The van der Waals surface area contributed by atoms with Gasteiger partial charge in [0, 0.05) is 12.1 Å². The first-order valence-electron chi connectivity index (χ1n) is 7.61. The zero-order chi connectivity index (χ0) is 12.7. The molecule has 0 aromatic rings. The Labute approximate surface area is 107 Å². The smallest absolute Gasteiger partial charge is 0.0693 e. The summed E-state index contributed by atoms with van der Waals surface area (Å²) >= 11 is 0. The van der Waals surface area contributed by atoms with Crippen molar-refractivity contribution in [1.82, 2.24) is 5.32 Å². The van der Waals surface area contributed by atoms with Crippen molar-refractivity contribution in [3.05, 3.63) is 0 Å². The number of rotatable bonds is 6. The van der Waals surface area contributed by atoms with Crippen LogP contribution in [0.15, 0.2) is 0 Å². The van der Waals surface area contributed by atoms with Gasteiger partial charge < -0.3 is 10.4 Å². The van der Waals surface area contributed by atoms with Gasteiger partial charge in [0.25, 0.3) is 0 Å². The van der Waals surface area contributed by atoms with Gasteiger partial charge in [-0.15, -0.1) is 0 Å². The van der Waals surface area contributed by atoms with Gasteiger partial charge >= 0.3 is 0 Å². The van der Waals surface area contributed by atoms with E-state index in [-0.39, 0.29) is 6.10 Å². The molecule has 0 amide bonds. The molecule has 0 aromatic carbocycles. The Morgan fingerprint density at radius 2 is 1.82 bits per heavy atom. The van der Waals surface area contributed by atoms with Gasteiger partial charge in [0.05, 0.1) is 6.10 Å². The highest BCUT2D eigenvalue weighted by Crippen LogP contribution is 2.20. The summed E-state index contributed by atoms with van der Waals surface area (Å²) in [6.07, 6.45) is 9.45. The fourth-order valence-electron chi connectivity index (χ4n) is 2.79. The SMILES string of the molecule is CCC(C)CC(CC)NC1CCCCCC1O. The van der Waals surface area contributed by atoms with Crippen molar-refractivity contribution in [1.29, 1.82) is 0 Å². The molecule has 1 rings (SSSR count). The lowest BCUT2D eigenvalue weighted by Gasteiger charge is -2.29. The third kappa shape index (κ3) is 5.39. The van der Waals surface area contributed by atoms with Crippen LogP contribution in [0.1, 0.15) is 72.1 Å². The van der Waals surface area contributed by atoms with Crippen molar-refractivity contribution in [2.75, 3.05) is 0 Å². The van der Waals surface area contributed by atoms with Crippen LogP contribution in [0.4, 0.5) is 0 Å². The molecule has 0 radical (unpaired) electrons. The van der Waals surface area contributed by atoms with Crippen molar-refractivity contribution in [2.24, 2.45) is 5.92 Å². The quantitative estimate of drug-likeness (QED) is 0.698. The van der Waals surface area contributed by atoms with Crippen molar-refractivity contribution in [3.63, 3.8) is 0 Å². The summed E-state index contributed by atoms with van der Waals surface area (Å²) in [6.45, 7) is 6.84. The third-order valence-corrected chi connectivity index (χ3v) is 4.31. The second kappa shape index (κ2) is 8.10. The van der Waals surface area contributed by atoms with Gasteiger partial charge in [0.15, 0.2) is 0 Å². The van der Waals surface area contributed by atoms with Gasteiger partial charge in [-0.2, -0.15) is 0 Å². The molecule has 4 unspecified atom stereocenters. The molecule has 4 atom stereocenters. The maximum atomic E-state index is 10.1. The lowest BCUT2D eigenvalue weighted by Crippen LogP contribution is -2.45. The van der Waals surface area contributed by atoms with Crippen LogP contribution >= 0.6 is 0 Å². The number of aliphatic hydroxyl groups is 1. The van der Waals surface area contributed by atoms with E-state index in [9.17, 15) is 5.11 Å². The molecule has 1 fully saturated rings. The van der Waals surface area contributed by atoms with Crippen LogP contribution in [0, 0.1) is 5.92 Å². The first-order chi connectivity index (χ1) is 8.17. The lowest BCUT2D eigenvalue weighted by atomic mass is 9.95. The van der Waals surface area contributed by atoms with Crippen LogP contribution in [0.3, 0.4) is 0 Å². The first-order valence-corrected chi connectivity index (χ1v) is 7.61. The zero-order valence-electron chi connectivity index (χ0n) is 11.9. The normalized spacial score (nSPS) is 29.6. The fourth-order valence-corrected chi connectivity index (χ4v) is 2.79. The molecule has 0 aliphatic heterocycles. The molecule has 0 bridgehead atoms. The van der Waals surface area contributed by atoms with E-state index in [4.69, 9.17) is 0 Å². The maximum absolute atomic E-state index is 10.1. The Bertz CT molecular complexity index is 195. The summed E-state index contributed by atoms with van der Waals surface area (Å²) in [5.74, 6) is 0.787. The number of hydrogen-bond donors (Lipinski definition) is 2. The number of aliphatic hydroxyl groups excluding tert-OH is 1. The minimum atomic E-state index is -0.122. The Balaban J connectivity index is 2.41. The highest BCUT2D eigenvalue weighted by atomic mass is 16.3. The van der Waals surface area contributed by atoms with Gasteiger partial charge in [-0.3, -0.25) is 0 Å². The summed E-state index contributed by atoms with van der Waals surface area (Å²) in [5, 5.41) is 13.8. The van der Waals surface area contributed by atoms with Gasteiger partial charge in [-0.25, -0.2) is 0 Å². The summed E-state index contributed by atoms with van der Waals surface area (Å²) in [7, 11) is 0. The molecule has 2 N–H and O–H groups in total. The van der Waals surface area contributed by atoms with Crippen LogP contribution in [0.25, 0.3) is 0 Å². The minimum Gasteiger partial charge on any atom is -0.392 e. The van der Waals surface area contributed by atoms with Gasteiger partial charge in [0.2, 0.25) is 0 Å². The van der Waals surface area contributed by atoms with Crippen molar-refractivity contribution in [2.45, 2.75) is 90.3 Å². The molecule has 2 nitrogen and oxygen atoms in total. The fraction of sp³-hybridized carbons (Fsp3) is 1.00. The van der Waals surface area contributed by atoms with Crippen molar-refractivity contribution in [3.8, 4) is 0 Å². The molecule has 2 heteroatoms. The average Bonchev–Trinajstić information content (AvgIpc) is 2.53. The molecule has 1 saturated carbocycles. The van der Waals surface area contributed by atoms with E-state index in [1.54, 1.807) is 0 Å². The standard InChI is InChI=1S/C15H31NO/c1-4-12(3)11-13(5-2)16-14-9-7-6-8-10-15(14)17/h12-17H,4-11H2,1-3H3. The minimum absolute atomic E-state index is 0.122. The Hall–Kier alpha value is -0.0800. The van der Waals surface area contributed by atoms with E-state index < -0.39 is 0 Å². The van der Waals surface area contributed by atoms with E-state index in [1.165, 1.54) is 38.5 Å². The molecular formula is C15H31NO. The molecule has 0 saturated heterocycles. The molecule has 0 heterocycles. The summed E-state index contributed by atoms with van der Waals surface area (Å²) in [4.78, 5) is 0. The van der Waals surface area contributed by atoms with Gasteiger partial charge in [-0.05, 0) is 31.6 Å². The van der Waals surface area contributed by atoms with Crippen LogP contribution in [-0.4, -0.2) is 23.3 Å². The molecule has 102 valence electrons. The summed E-state index contributed by atoms with van der Waals surface area (Å²) in [6, 6.07) is 0.925. The van der Waals surface area contributed by atoms with E-state index in [0.717, 1.165) is 18.8 Å². The van der Waals surface area contributed by atoms with E-state index in [1.807, 2.05) is 0 Å². The van der Waals surface area contributed by atoms with Crippen LogP contribution < -0.4 is 5.32 Å². The second-order valence-electron chi connectivity index (χ2n) is 5.83. The Kier molecular flexibility index (Phi) is 7.14.